The fourth-order valence-corrected chi connectivity index (χ4v) is 3.16. The molecule has 0 fully saturated rings. The van der Waals surface area contributed by atoms with Gasteiger partial charge in [-0.25, -0.2) is 4.79 Å². The summed E-state index contributed by atoms with van der Waals surface area (Å²) in [6.07, 6.45) is 1.95. The molecule has 0 saturated heterocycles. The number of carbonyl (C=O) groups is 2. The Morgan fingerprint density at radius 2 is 1.83 bits per heavy atom. The van der Waals surface area contributed by atoms with E-state index < -0.39 is 0 Å². The third-order valence-electron chi connectivity index (χ3n) is 4.81. The number of hydrogen-bond acceptors (Lipinski definition) is 3. The number of nitrogens with zero attached hydrogens (tertiary/aromatic N) is 3. The first-order chi connectivity index (χ1) is 14.4. The summed E-state index contributed by atoms with van der Waals surface area (Å²) in [5.74, 6) is 0.157. The maximum Gasteiger partial charge on any atom is 0.318 e. The summed E-state index contributed by atoms with van der Waals surface area (Å²) in [5, 5.41) is 2.93. The number of urea groups is 1. The minimum absolute atomic E-state index is 0.0347. The summed E-state index contributed by atoms with van der Waals surface area (Å²) in [4.78, 5) is 29.3. The van der Waals surface area contributed by atoms with Crippen molar-refractivity contribution in [3.8, 4) is 0 Å². The predicted octanol–water partition coefficient (Wildman–Crippen LogP) is 2.87. The van der Waals surface area contributed by atoms with Gasteiger partial charge in [0.05, 0.1) is 13.2 Å². The summed E-state index contributed by atoms with van der Waals surface area (Å²) in [5.41, 5.74) is 2.05. The van der Waals surface area contributed by atoms with Gasteiger partial charge >= 0.3 is 6.03 Å². The second kappa shape index (κ2) is 12.0. The molecule has 7 nitrogen and oxygen atoms in total. The molecule has 1 aromatic heterocycles. The summed E-state index contributed by atoms with van der Waals surface area (Å²) in [7, 11) is 3.57. The van der Waals surface area contributed by atoms with Gasteiger partial charge in [0.15, 0.2) is 0 Å². The molecule has 1 aromatic carbocycles. The van der Waals surface area contributed by atoms with Crippen LogP contribution in [-0.2, 0) is 29.7 Å². The molecule has 30 heavy (non-hydrogen) atoms. The first kappa shape index (κ1) is 23.5. The number of hydrogen-bond donors (Lipinski definition) is 1. The highest BCUT2D eigenvalue weighted by Crippen LogP contribution is 2.08. The van der Waals surface area contributed by atoms with E-state index in [4.69, 9.17) is 4.74 Å². The van der Waals surface area contributed by atoms with E-state index in [-0.39, 0.29) is 24.4 Å². The van der Waals surface area contributed by atoms with Gasteiger partial charge in [0, 0.05) is 45.7 Å². The van der Waals surface area contributed by atoms with Gasteiger partial charge in [-0.3, -0.25) is 4.79 Å². The van der Waals surface area contributed by atoms with Crippen molar-refractivity contribution in [1.82, 2.24) is 19.7 Å². The summed E-state index contributed by atoms with van der Waals surface area (Å²) >= 11 is 0. The van der Waals surface area contributed by atoms with E-state index in [2.05, 4.69) is 5.32 Å². The van der Waals surface area contributed by atoms with Crippen LogP contribution in [0.4, 0.5) is 4.79 Å². The number of rotatable bonds is 11. The molecule has 0 saturated carbocycles. The van der Waals surface area contributed by atoms with E-state index in [1.807, 2.05) is 74.1 Å². The fourth-order valence-electron chi connectivity index (χ4n) is 3.16. The van der Waals surface area contributed by atoms with Gasteiger partial charge in [-0.05, 0) is 23.6 Å². The Morgan fingerprint density at radius 1 is 1.10 bits per heavy atom. The topological polar surface area (TPSA) is 66.8 Å². The molecule has 0 aliphatic carbocycles. The standard InChI is InChI=1S/C23H34N4O3/c1-19(2)16-27(23(29)24-15-20-9-6-5-7-10-20)18-22(28)26(13-14-30-4)17-21-11-8-12-25(21)3/h5-12,19H,13-18H2,1-4H3,(H,24,29). The SMILES string of the molecule is COCCN(Cc1cccn1C)C(=O)CN(CC(C)C)C(=O)NCc1ccccc1. The maximum atomic E-state index is 13.1. The molecule has 7 heteroatoms. The highest BCUT2D eigenvalue weighted by molar-refractivity contribution is 5.84. The molecule has 164 valence electrons. The van der Waals surface area contributed by atoms with Crippen LogP contribution in [0.3, 0.4) is 0 Å². The van der Waals surface area contributed by atoms with Gasteiger partial charge in [0.25, 0.3) is 0 Å². The van der Waals surface area contributed by atoms with Crippen molar-refractivity contribution >= 4 is 11.9 Å². The van der Waals surface area contributed by atoms with Crippen LogP contribution in [0.15, 0.2) is 48.7 Å². The first-order valence-electron chi connectivity index (χ1n) is 10.3. The highest BCUT2D eigenvalue weighted by atomic mass is 16.5. The molecule has 1 heterocycles. The van der Waals surface area contributed by atoms with Gasteiger partial charge in [0.2, 0.25) is 5.91 Å². The zero-order valence-electron chi connectivity index (χ0n) is 18.5. The van der Waals surface area contributed by atoms with Crippen molar-refractivity contribution in [2.75, 3.05) is 33.4 Å². The quantitative estimate of drug-likeness (QED) is 0.615. The molecule has 3 amide bonds. The monoisotopic (exact) mass is 414 g/mol. The van der Waals surface area contributed by atoms with E-state index in [1.165, 1.54) is 0 Å². The van der Waals surface area contributed by atoms with Gasteiger partial charge in [-0.2, -0.15) is 0 Å². The Balaban J connectivity index is 2.04. The first-order valence-corrected chi connectivity index (χ1v) is 10.3. The van der Waals surface area contributed by atoms with Gasteiger partial charge < -0.3 is 24.4 Å². The second-order valence-corrected chi connectivity index (χ2v) is 7.84. The number of aromatic nitrogens is 1. The number of methoxy groups -OCH3 is 1. The molecular formula is C23H34N4O3. The lowest BCUT2D eigenvalue weighted by atomic mass is 10.2. The molecule has 2 aromatic rings. The van der Waals surface area contributed by atoms with Crippen LogP contribution < -0.4 is 5.32 Å². The summed E-state index contributed by atoms with van der Waals surface area (Å²) in [6.45, 7) is 6.44. The van der Waals surface area contributed by atoms with Crippen molar-refractivity contribution in [2.45, 2.75) is 26.9 Å². The molecule has 2 rings (SSSR count). The van der Waals surface area contributed by atoms with Crippen molar-refractivity contribution in [3.63, 3.8) is 0 Å². The largest absolute Gasteiger partial charge is 0.383 e. The molecular weight excluding hydrogens is 380 g/mol. The Kier molecular flexibility index (Phi) is 9.41. The number of benzene rings is 1. The maximum absolute atomic E-state index is 13.1. The lowest BCUT2D eigenvalue weighted by Crippen LogP contribution is -2.48. The third-order valence-corrected chi connectivity index (χ3v) is 4.81. The zero-order valence-corrected chi connectivity index (χ0v) is 18.5. The van der Waals surface area contributed by atoms with Gasteiger partial charge in [0.1, 0.15) is 6.54 Å². The normalized spacial score (nSPS) is 10.8. The number of carbonyl (C=O) groups excluding carboxylic acids is 2. The molecule has 0 bridgehead atoms. The number of ether oxygens (including phenoxy) is 1. The number of amides is 3. The van der Waals surface area contributed by atoms with E-state index in [9.17, 15) is 9.59 Å². The van der Waals surface area contributed by atoms with Crippen LogP contribution in [0, 0.1) is 5.92 Å². The molecule has 0 radical (unpaired) electrons. The Morgan fingerprint density at radius 3 is 2.43 bits per heavy atom. The Labute approximate surface area is 179 Å². The average molecular weight is 415 g/mol. The number of nitrogens with one attached hydrogen (secondary N) is 1. The Hall–Kier alpha value is -2.80. The van der Waals surface area contributed by atoms with E-state index >= 15 is 0 Å². The van der Waals surface area contributed by atoms with Crippen molar-refractivity contribution in [3.05, 3.63) is 59.9 Å². The molecule has 0 unspecified atom stereocenters. The predicted molar refractivity (Wildman–Crippen MR) is 118 cm³/mol. The zero-order chi connectivity index (χ0) is 21.9. The molecule has 0 aliphatic heterocycles. The van der Waals surface area contributed by atoms with Gasteiger partial charge in [-0.15, -0.1) is 0 Å². The van der Waals surface area contributed by atoms with Crippen LogP contribution in [0.2, 0.25) is 0 Å². The second-order valence-electron chi connectivity index (χ2n) is 7.84. The molecule has 0 atom stereocenters. The lowest BCUT2D eigenvalue weighted by molar-refractivity contribution is -0.133. The highest BCUT2D eigenvalue weighted by Gasteiger charge is 2.22. The third kappa shape index (κ3) is 7.55. The van der Waals surface area contributed by atoms with E-state index in [1.54, 1.807) is 16.9 Å². The van der Waals surface area contributed by atoms with Crippen molar-refractivity contribution in [1.29, 1.82) is 0 Å². The van der Waals surface area contributed by atoms with Crippen LogP contribution in [0.5, 0.6) is 0 Å². The van der Waals surface area contributed by atoms with E-state index in [0.717, 1.165) is 11.3 Å². The minimum Gasteiger partial charge on any atom is -0.383 e. The lowest BCUT2D eigenvalue weighted by Gasteiger charge is -2.29. The van der Waals surface area contributed by atoms with Crippen molar-refractivity contribution in [2.24, 2.45) is 13.0 Å². The molecule has 0 spiro atoms. The molecule has 1 N–H and O–H groups in total. The van der Waals surface area contributed by atoms with Crippen LogP contribution in [-0.4, -0.2) is 59.7 Å². The van der Waals surface area contributed by atoms with Crippen LogP contribution in [0.1, 0.15) is 25.1 Å². The fraction of sp³-hybridized carbons (Fsp3) is 0.478. The Bertz CT molecular complexity index is 789. The van der Waals surface area contributed by atoms with Crippen LogP contribution in [0.25, 0.3) is 0 Å². The minimum atomic E-state index is -0.230. The van der Waals surface area contributed by atoms with Crippen molar-refractivity contribution < 1.29 is 14.3 Å². The molecule has 0 aliphatic rings. The summed E-state index contributed by atoms with van der Waals surface area (Å²) in [6, 6.07) is 13.5. The smallest absolute Gasteiger partial charge is 0.318 e. The number of aryl methyl sites for hydroxylation is 1. The van der Waals surface area contributed by atoms with E-state index in [0.29, 0.717) is 32.8 Å². The van der Waals surface area contributed by atoms with Crippen LogP contribution >= 0.6 is 0 Å². The average Bonchev–Trinajstić information content (AvgIpc) is 3.13. The van der Waals surface area contributed by atoms with Gasteiger partial charge in [-0.1, -0.05) is 44.2 Å². The summed E-state index contributed by atoms with van der Waals surface area (Å²) < 4.78 is 7.17.